The van der Waals surface area contributed by atoms with E-state index in [1.54, 1.807) is 4.31 Å². The SMILES string of the molecule is CCNCCCS(=O)(=O)N1CCCC1C. The van der Waals surface area contributed by atoms with Gasteiger partial charge in [0.2, 0.25) is 10.0 Å². The summed E-state index contributed by atoms with van der Waals surface area (Å²) in [5.41, 5.74) is 0. The largest absolute Gasteiger partial charge is 0.317 e. The highest BCUT2D eigenvalue weighted by Crippen LogP contribution is 2.20. The topological polar surface area (TPSA) is 49.4 Å². The highest BCUT2D eigenvalue weighted by atomic mass is 32.2. The number of rotatable bonds is 6. The molecule has 0 aromatic rings. The Morgan fingerprint density at radius 2 is 2.20 bits per heavy atom. The lowest BCUT2D eigenvalue weighted by Crippen LogP contribution is -2.36. The molecule has 5 heteroatoms. The van der Waals surface area contributed by atoms with Gasteiger partial charge in [0, 0.05) is 12.6 Å². The summed E-state index contributed by atoms with van der Waals surface area (Å²) in [7, 11) is -3.00. The molecule has 1 aliphatic heterocycles. The zero-order valence-corrected chi connectivity index (χ0v) is 10.5. The van der Waals surface area contributed by atoms with Gasteiger partial charge in [-0.3, -0.25) is 0 Å². The Morgan fingerprint density at radius 3 is 2.73 bits per heavy atom. The highest BCUT2D eigenvalue weighted by molar-refractivity contribution is 7.89. The Morgan fingerprint density at radius 1 is 1.47 bits per heavy atom. The van der Waals surface area contributed by atoms with Crippen LogP contribution in [0.15, 0.2) is 0 Å². The monoisotopic (exact) mass is 234 g/mol. The summed E-state index contributed by atoms with van der Waals surface area (Å²) in [5, 5.41) is 3.14. The maximum atomic E-state index is 11.9. The van der Waals surface area contributed by atoms with Gasteiger partial charge < -0.3 is 5.32 Å². The van der Waals surface area contributed by atoms with Crippen LogP contribution in [0.25, 0.3) is 0 Å². The molecule has 0 aromatic carbocycles. The van der Waals surface area contributed by atoms with E-state index in [2.05, 4.69) is 5.32 Å². The van der Waals surface area contributed by atoms with Crippen molar-refractivity contribution in [2.24, 2.45) is 0 Å². The van der Waals surface area contributed by atoms with Crippen molar-refractivity contribution < 1.29 is 8.42 Å². The molecule has 1 fully saturated rings. The van der Waals surface area contributed by atoms with Crippen LogP contribution in [-0.2, 0) is 10.0 Å². The summed E-state index contributed by atoms with van der Waals surface area (Å²) >= 11 is 0. The van der Waals surface area contributed by atoms with Crippen molar-refractivity contribution in [1.82, 2.24) is 9.62 Å². The minimum Gasteiger partial charge on any atom is -0.317 e. The Balaban J connectivity index is 2.37. The van der Waals surface area contributed by atoms with Crippen LogP contribution in [0.1, 0.15) is 33.1 Å². The number of nitrogens with zero attached hydrogens (tertiary/aromatic N) is 1. The summed E-state index contributed by atoms with van der Waals surface area (Å²) in [6.45, 7) is 6.43. The molecule has 1 rings (SSSR count). The van der Waals surface area contributed by atoms with Gasteiger partial charge in [-0.05, 0) is 39.3 Å². The first-order valence-corrected chi connectivity index (χ1v) is 7.39. The smallest absolute Gasteiger partial charge is 0.214 e. The quantitative estimate of drug-likeness (QED) is 0.692. The lowest BCUT2D eigenvalue weighted by Gasteiger charge is -2.20. The molecule has 1 saturated heterocycles. The average Bonchev–Trinajstić information content (AvgIpc) is 2.60. The average molecular weight is 234 g/mol. The Bertz CT molecular complexity index is 277. The van der Waals surface area contributed by atoms with Crippen molar-refractivity contribution >= 4 is 10.0 Å². The van der Waals surface area contributed by atoms with E-state index in [-0.39, 0.29) is 11.8 Å². The van der Waals surface area contributed by atoms with Gasteiger partial charge in [0.25, 0.3) is 0 Å². The van der Waals surface area contributed by atoms with Crippen molar-refractivity contribution in [2.45, 2.75) is 39.2 Å². The first kappa shape index (κ1) is 12.9. The number of hydrogen-bond donors (Lipinski definition) is 1. The van der Waals surface area contributed by atoms with Crippen LogP contribution in [-0.4, -0.2) is 44.2 Å². The van der Waals surface area contributed by atoms with Gasteiger partial charge in [-0.1, -0.05) is 6.92 Å². The van der Waals surface area contributed by atoms with E-state index in [0.29, 0.717) is 13.0 Å². The second-order valence-corrected chi connectivity index (χ2v) is 6.17. The molecular weight excluding hydrogens is 212 g/mol. The Kier molecular flexibility index (Phi) is 5.02. The molecule has 0 aliphatic carbocycles. The third-order valence-electron chi connectivity index (χ3n) is 2.86. The van der Waals surface area contributed by atoms with Crippen LogP contribution in [0.5, 0.6) is 0 Å². The molecule has 0 radical (unpaired) electrons. The maximum Gasteiger partial charge on any atom is 0.214 e. The van der Waals surface area contributed by atoms with Crippen LogP contribution >= 0.6 is 0 Å². The molecule has 0 amide bonds. The van der Waals surface area contributed by atoms with Crippen LogP contribution in [0, 0.1) is 0 Å². The molecule has 1 aliphatic rings. The second kappa shape index (κ2) is 5.82. The molecular formula is C10H22N2O2S. The first-order valence-electron chi connectivity index (χ1n) is 5.78. The molecule has 0 bridgehead atoms. The molecule has 1 heterocycles. The van der Waals surface area contributed by atoms with Crippen molar-refractivity contribution in [3.63, 3.8) is 0 Å². The van der Waals surface area contributed by atoms with Gasteiger partial charge in [-0.15, -0.1) is 0 Å². The minimum absolute atomic E-state index is 0.203. The highest BCUT2D eigenvalue weighted by Gasteiger charge is 2.30. The van der Waals surface area contributed by atoms with Crippen LogP contribution in [0.2, 0.25) is 0 Å². The summed E-state index contributed by atoms with van der Waals surface area (Å²) in [6.07, 6.45) is 2.72. The summed E-state index contributed by atoms with van der Waals surface area (Å²) < 4.78 is 25.5. The molecule has 1 N–H and O–H groups in total. The fraction of sp³-hybridized carbons (Fsp3) is 1.00. The lowest BCUT2D eigenvalue weighted by atomic mass is 10.3. The summed E-state index contributed by atoms with van der Waals surface area (Å²) in [6, 6.07) is 0.203. The van der Waals surface area contributed by atoms with Gasteiger partial charge in [0.15, 0.2) is 0 Å². The van der Waals surface area contributed by atoms with Gasteiger partial charge in [-0.25, -0.2) is 8.42 Å². The third kappa shape index (κ3) is 3.74. The molecule has 0 aromatic heterocycles. The maximum absolute atomic E-state index is 11.9. The predicted octanol–water partition coefficient (Wildman–Crippen LogP) is 0.800. The normalized spacial score (nSPS) is 23.5. The number of hydrogen-bond acceptors (Lipinski definition) is 3. The molecule has 4 nitrogen and oxygen atoms in total. The Hall–Kier alpha value is -0.130. The second-order valence-electron chi connectivity index (χ2n) is 4.13. The van der Waals surface area contributed by atoms with Crippen molar-refractivity contribution in [3.8, 4) is 0 Å². The molecule has 15 heavy (non-hydrogen) atoms. The van der Waals surface area contributed by atoms with E-state index < -0.39 is 10.0 Å². The van der Waals surface area contributed by atoms with E-state index in [1.165, 1.54) is 0 Å². The Labute approximate surface area is 93.1 Å². The van der Waals surface area contributed by atoms with E-state index in [1.807, 2.05) is 13.8 Å². The lowest BCUT2D eigenvalue weighted by molar-refractivity contribution is 0.407. The summed E-state index contributed by atoms with van der Waals surface area (Å²) in [4.78, 5) is 0. The first-order chi connectivity index (χ1) is 7.08. The van der Waals surface area contributed by atoms with Crippen molar-refractivity contribution in [2.75, 3.05) is 25.4 Å². The fourth-order valence-electron chi connectivity index (χ4n) is 1.99. The molecule has 90 valence electrons. The molecule has 1 atom stereocenters. The zero-order valence-electron chi connectivity index (χ0n) is 9.70. The van der Waals surface area contributed by atoms with E-state index in [9.17, 15) is 8.42 Å². The van der Waals surface area contributed by atoms with Crippen molar-refractivity contribution in [1.29, 1.82) is 0 Å². The van der Waals surface area contributed by atoms with Crippen LogP contribution in [0.3, 0.4) is 0 Å². The van der Waals surface area contributed by atoms with Crippen LogP contribution < -0.4 is 5.32 Å². The standard InChI is InChI=1S/C10H22N2O2S/c1-3-11-7-5-9-15(13,14)12-8-4-6-10(12)2/h10-11H,3-9H2,1-2H3. The van der Waals surface area contributed by atoms with Crippen molar-refractivity contribution in [3.05, 3.63) is 0 Å². The van der Waals surface area contributed by atoms with Gasteiger partial charge >= 0.3 is 0 Å². The molecule has 0 spiro atoms. The van der Waals surface area contributed by atoms with E-state index in [0.717, 1.165) is 25.9 Å². The van der Waals surface area contributed by atoms with Gasteiger partial charge in [0.05, 0.1) is 5.75 Å². The molecule has 1 unspecified atom stereocenters. The minimum atomic E-state index is -3.00. The summed E-state index contributed by atoms with van der Waals surface area (Å²) in [5.74, 6) is 0.282. The predicted molar refractivity (Wildman–Crippen MR) is 62.3 cm³/mol. The third-order valence-corrected chi connectivity index (χ3v) is 4.92. The number of nitrogens with one attached hydrogen (secondary N) is 1. The van der Waals surface area contributed by atoms with Crippen LogP contribution in [0.4, 0.5) is 0 Å². The van der Waals surface area contributed by atoms with E-state index in [4.69, 9.17) is 0 Å². The fourth-order valence-corrected chi connectivity index (χ4v) is 3.80. The number of sulfonamides is 1. The zero-order chi connectivity index (χ0) is 11.3. The van der Waals surface area contributed by atoms with Gasteiger partial charge in [-0.2, -0.15) is 4.31 Å². The molecule has 0 saturated carbocycles. The van der Waals surface area contributed by atoms with Gasteiger partial charge in [0.1, 0.15) is 0 Å². The van der Waals surface area contributed by atoms with E-state index >= 15 is 0 Å².